The summed E-state index contributed by atoms with van der Waals surface area (Å²) < 4.78 is 0. The molecular formula is C11H20N4O6. The Balaban J connectivity index is 4.92. The van der Waals surface area contributed by atoms with Crippen LogP contribution < -0.4 is 22.1 Å². The van der Waals surface area contributed by atoms with Gasteiger partial charge in [-0.15, -0.1) is 0 Å². The quantitative estimate of drug-likeness (QED) is 0.270. The fourth-order valence-electron chi connectivity index (χ4n) is 1.35. The first kappa shape index (κ1) is 18.8. The summed E-state index contributed by atoms with van der Waals surface area (Å²) >= 11 is 0. The molecule has 10 heteroatoms. The molecule has 21 heavy (non-hydrogen) atoms. The largest absolute Gasteiger partial charge is 0.480 e. The number of nitrogens with one attached hydrogen (secondary N) is 2. The fourth-order valence-corrected chi connectivity index (χ4v) is 1.35. The first-order valence-corrected chi connectivity index (χ1v) is 6.11. The molecule has 3 amide bonds. The Hall–Kier alpha value is -2.20. The zero-order valence-corrected chi connectivity index (χ0v) is 11.7. The van der Waals surface area contributed by atoms with Crippen LogP contribution in [0.2, 0.25) is 0 Å². The normalized spacial score (nSPS) is 16.2. The second-order valence-electron chi connectivity index (χ2n) is 4.59. The average Bonchev–Trinajstić information content (AvgIpc) is 2.33. The van der Waals surface area contributed by atoms with E-state index in [-0.39, 0.29) is 0 Å². The van der Waals surface area contributed by atoms with Gasteiger partial charge in [-0.3, -0.25) is 14.4 Å². The molecule has 0 rings (SSSR count). The number of nitrogens with two attached hydrogens (primary N) is 2. The van der Waals surface area contributed by atoms with Crippen molar-refractivity contribution in [3.63, 3.8) is 0 Å². The van der Waals surface area contributed by atoms with E-state index in [1.54, 1.807) is 0 Å². The van der Waals surface area contributed by atoms with Crippen LogP contribution >= 0.6 is 0 Å². The first-order chi connectivity index (χ1) is 9.56. The summed E-state index contributed by atoms with van der Waals surface area (Å²) in [4.78, 5) is 45.0. The highest BCUT2D eigenvalue weighted by Crippen LogP contribution is 1.98. The van der Waals surface area contributed by atoms with Gasteiger partial charge in [-0.1, -0.05) is 0 Å². The van der Waals surface area contributed by atoms with Crippen molar-refractivity contribution in [2.45, 2.75) is 44.5 Å². The number of carbonyl (C=O) groups excluding carboxylic acids is 3. The van der Waals surface area contributed by atoms with Crippen molar-refractivity contribution in [2.75, 3.05) is 0 Å². The minimum absolute atomic E-state index is 0.616. The van der Waals surface area contributed by atoms with Crippen LogP contribution in [0.15, 0.2) is 0 Å². The first-order valence-electron chi connectivity index (χ1n) is 6.11. The molecule has 0 saturated heterocycles. The van der Waals surface area contributed by atoms with Gasteiger partial charge in [0, 0.05) is 0 Å². The molecule has 0 heterocycles. The third-order valence-electron chi connectivity index (χ3n) is 2.50. The molecule has 0 aliphatic carbocycles. The average molecular weight is 304 g/mol. The molecule has 0 spiro atoms. The van der Waals surface area contributed by atoms with Gasteiger partial charge in [0.15, 0.2) is 0 Å². The monoisotopic (exact) mass is 304 g/mol. The molecule has 0 saturated carbocycles. The molecule has 0 aliphatic rings. The van der Waals surface area contributed by atoms with E-state index in [0.29, 0.717) is 0 Å². The second-order valence-corrected chi connectivity index (χ2v) is 4.59. The number of primary amides is 1. The SMILES string of the molecule is CC(N)C(=O)NC(C(=O)NC(CC(N)=O)C(=O)O)C(C)O. The van der Waals surface area contributed by atoms with Crippen LogP contribution in [0.1, 0.15) is 20.3 Å². The van der Waals surface area contributed by atoms with E-state index >= 15 is 0 Å². The molecule has 0 bridgehead atoms. The van der Waals surface area contributed by atoms with Gasteiger partial charge in [0.1, 0.15) is 12.1 Å². The number of carboxylic acid groups (broad SMARTS) is 1. The molecule has 0 radical (unpaired) electrons. The third-order valence-corrected chi connectivity index (χ3v) is 2.50. The molecule has 0 fully saturated rings. The molecule has 4 atom stereocenters. The summed E-state index contributed by atoms with van der Waals surface area (Å²) in [6.07, 6.45) is -1.91. The molecule has 120 valence electrons. The Labute approximate surface area is 120 Å². The molecule has 0 aromatic carbocycles. The Kier molecular flexibility index (Phi) is 7.31. The lowest BCUT2D eigenvalue weighted by Crippen LogP contribution is -2.58. The number of rotatable bonds is 8. The minimum Gasteiger partial charge on any atom is -0.480 e. The number of hydrogen-bond donors (Lipinski definition) is 6. The maximum Gasteiger partial charge on any atom is 0.326 e. The van der Waals surface area contributed by atoms with E-state index in [4.69, 9.17) is 16.6 Å². The fraction of sp³-hybridized carbons (Fsp3) is 0.636. The summed E-state index contributed by atoms with van der Waals surface area (Å²) in [5.41, 5.74) is 10.2. The van der Waals surface area contributed by atoms with Crippen LogP contribution in [0.3, 0.4) is 0 Å². The molecule has 4 unspecified atom stereocenters. The van der Waals surface area contributed by atoms with E-state index in [0.717, 1.165) is 0 Å². The lowest BCUT2D eigenvalue weighted by Gasteiger charge is -2.23. The van der Waals surface area contributed by atoms with E-state index in [1.807, 2.05) is 5.32 Å². The van der Waals surface area contributed by atoms with Crippen molar-refractivity contribution in [1.82, 2.24) is 10.6 Å². The van der Waals surface area contributed by atoms with Gasteiger partial charge in [-0.2, -0.15) is 0 Å². The number of aliphatic hydroxyl groups excluding tert-OH is 1. The van der Waals surface area contributed by atoms with Gasteiger partial charge in [-0.25, -0.2) is 4.79 Å². The van der Waals surface area contributed by atoms with Crippen LogP contribution in [0.5, 0.6) is 0 Å². The predicted octanol–water partition coefficient (Wildman–Crippen LogP) is -3.36. The maximum atomic E-state index is 11.9. The standard InChI is InChI=1S/C11H20N4O6/c1-4(12)9(18)15-8(5(2)16)10(19)14-6(11(20)21)3-7(13)17/h4-6,8,16H,3,12H2,1-2H3,(H2,13,17)(H,14,19)(H,15,18)(H,20,21). The van der Waals surface area contributed by atoms with E-state index in [2.05, 4.69) is 5.32 Å². The van der Waals surface area contributed by atoms with Crippen molar-refractivity contribution in [3.8, 4) is 0 Å². The lowest BCUT2D eigenvalue weighted by molar-refractivity contribution is -0.144. The van der Waals surface area contributed by atoms with Crippen molar-refractivity contribution in [3.05, 3.63) is 0 Å². The van der Waals surface area contributed by atoms with Crippen molar-refractivity contribution < 1.29 is 29.4 Å². The van der Waals surface area contributed by atoms with Gasteiger partial charge in [0.25, 0.3) is 0 Å². The second kappa shape index (κ2) is 8.17. The minimum atomic E-state index is -1.55. The number of amides is 3. The Morgan fingerprint density at radius 1 is 1.10 bits per heavy atom. The predicted molar refractivity (Wildman–Crippen MR) is 70.6 cm³/mol. The zero-order chi connectivity index (χ0) is 16.7. The van der Waals surface area contributed by atoms with Gasteiger partial charge in [0.2, 0.25) is 17.7 Å². The highest BCUT2D eigenvalue weighted by atomic mass is 16.4. The van der Waals surface area contributed by atoms with Crippen molar-refractivity contribution in [1.29, 1.82) is 0 Å². The summed E-state index contributed by atoms with van der Waals surface area (Å²) in [5, 5.41) is 22.6. The Morgan fingerprint density at radius 2 is 1.62 bits per heavy atom. The molecule has 0 aromatic heterocycles. The van der Waals surface area contributed by atoms with Crippen LogP contribution in [-0.4, -0.2) is 58.1 Å². The summed E-state index contributed by atoms with van der Waals surface area (Å²) in [6, 6.07) is -3.87. The number of aliphatic hydroxyl groups is 1. The Morgan fingerprint density at radius 3 is 1.95 bits per heavy atom. The van der Waals surface area contributed by atoms with Crippen LogP contribution in [0.25, 0.3) is 0 Å². The number of aliphatic carboxylic acids is 1. The smallest absolute Gasteiger partial charge is 0.326 e. The summed E-state index contributed by atoms with van der Waals surface area (Å²) in [6.45, 7) is 2.61. The van der Waals surface area contributed by atoms with Crippen molar-refractivity contribution in [2.24, 2.45) is 11.5 Å². The van der Waals surface area contributed by atoms with E-state index < -0.39 is 54.3 Å². The molecular weight excluding hydrogens is 284 g/mol. The Bertz CT molecular complexity index is 423. The maximum absolute atomic E-state index is 11.9. The van der Waals surface area contributed by atoms with Gasteiger partial charge in [0.05, 0.1) is 18.6 Å². The molecule has 10 nitrogen and oxygen atoms in total. The molecule has 0 aromatic rings. The van der Waals surface area contributed by atoms with Gasteiger partial charge >= 0.3 is 5.97 Å². The third kappa shape index (κ3) is 6.68. The van der Waals surface area contributed by atoms with E-state index in [9.17, 15) is 24.3 Å². The molecule has 0 aliphatic heterocycles. The van der Waals surface area contributed by atoms with Crippen LogP contribution in [-0.2, 0) is 19.2 Å². The number of carboxylic acids is 1. The van der Waals surface area contributed by atoms with E-state index in [1.165, 1.54) is 13.8 Å². The number of carbonyl (C=O) groups is 4. The highest BCUT2D eigenvalue weighted by molar-refractivity contribution is 5.93. The highest BCUT2D eigenvalue weighted by Gasteiger charge is 2.30. The van der Waals surface area contributed by atoms with Crippen LogP contribution in [0.4, 0.5) is 0 Å². The van der Waals surface area contributed by atoms with Gasteiger partial charge in [-0.05, 0) is 13.8 Å². The summed E-state index contributed by atoms with van der Waals surface area (Å²) in [5.74, 6) is -4.05. The summed E-state index contributed by atoms with van der Waals surface area (Å²) in [7, 11) is 0. The van der Waals surface area contributed by atoms with Crippen molar-refractivity contribution >= 4 is 23.7 Å². The molecule has 8 N–H and O–H groups in total. The zero-order valence-electron chi connectivity index (χ0n) is 11.7. The lowest BCUT2D eigenvalue weighted by atomic mass is 10.1. The topological polar surface area (TPSA) is 185 Å². The van der Waals surface area contributed by atoms with Crippen LogP contribution in [0, 0.1) is 0 Å². The number of hydrogen-bond acceptors (Lipinski definition) is 6. The van der Waals surface area contributed by atoms with Gasteiger partial charge < -0.3 is 32.3 Å².